The van der Waals surface area contributed by atoms with Gasteiger partial charge in [-0.25, -0.2) is 21.2 Å². The highest BCUT2D eigenvalue weighted by Gasteiger charge is 2.38. The summed E-state index contributed by atoms with van der Waals surface area (Å²) in [6.07, 6.45) is 4.25. The van der Waals surface area contributed by atoms with Crippen LogP contribution in [0.15, 0.2) is 101 Å². The molecule has 198 valence electrons. The Balaban J connectivity index is 2.08. The second-order valence-corrected chi connectivity index (χ2v) is 13.2. The van der Waals surface area contributed by atoms with E-state index in [1.54, 1.807) is 26.0 Å². The van der Waals surface area contributed by atoms with Crippen LogP contribution in [0.25, 0.3) is 5.57 Å². The lowest BCUT2D eigenvalue weighted by molar-refractivity contribution is 0.480. The van der Waals surface area contributed by atoms with Crippen LogP contribution in [-0.4, -0.2) is 27.1 Å². The largest absolute Gasteiger partial charge is 0.256 e. The average molecular weight is 544 g/mol. The van der Waals surface area contributed by atoms with Crippen molar-refractivity contribution in [2.24, 2.45) is 5.92 Å². The molecule has 0 spiro atoms. The lowest BCUT2D eigenvalue weighted by Gasteiger charge is -2.23. The van der Waals surface area contributed by atoms with Gasteiger partial charge in [0, 0.05) is 0 Å². The van der Waals surface area contributed by atoms with Gasteiger partial charge in [-0.05, 0) is 59.7 Å². The molecule has 0 unspecified atom stereocenters. The maximum Gasteiger partial charge on any atom is 0.256 e. The lowest BCUT2D eigenvalue weighted by Crippen LogP contribution is -2.38. The molecule has 0 saturated carbocycles. The highest BCUT2D eigenvalue weighted by atomic mass is 32.3. The molecule has 0 aliphatic carbocycles. The molecule has 3 aromatic rings. The number of nitrogens with zero attached hydrogens (tertiary/aromatic N) is 1. The Hall–Kier alpha value is -2.81. The summed E-state index contributed by atoms with van der Waals surface area (Å²) in [6.45, 7) is 4.79. The number of rotatable bonds is 12. The molecule has 37 heavy (non-hydrogen) atoms. The number of hydrogen-bond donors (Lipinski definition) is 0. The highest BCUT2D eigenvalue weighted by Crippen LogP contribution is 2.32. The van der Waals surface area contributed by atoms with Crippen molar-refractivity contribution in [2.75, 3.05) is 6.54 Å². The first-order valence-corrected chi connectivity index (χ1v) is 15.3. The molecule has 0 amide bonds. The Morgan fingerprint density at radius 2 is 1.24 bits per heavy atom. The highest BCUT2D eigenvalue weighted by molar-refractivity contribution is 8.04. The Morgan fingerprint density at radius 1 is 0.757 bits per heavy atom. The fraction of sp³-hybridized carbons (Fsp3) is 0.310. The van der Waals surface area contributed by atoms with E-state index in [4.69, 9.17) is 0 Å². The monoisotopic (exact) mass is 543 g/mol. The second-order valence-electron chi connectivity index (χ2n) is 9.19. The van der Waals surface area contributed by atoms with Gasteiger partial charge in [0.1, 0.15) is 5.83 Å². The standard InChI is InChI=1S/C29H34FNO4S2/c1-4-5-8-13-24-18-20-25(21-19-24)29(23(2)3)28(30)22-31(36(32,33)26-14-9-6-10-15-26)37(34,35)27-16-11-7-12-17-27/h6-7,9-12,14-21,23H,4-5,8,13,22H2,1-3H3/b29-28+. The van der Waals surface area contributed by atoms with Gasteiger partial charge in [0.2, 0.25) is 0 Å². The van der Waals surface area contributed by atoms with Crippen molar-refractivity contribution in [3.8, 4) is 0 Å². The molecule has 0 aromatic heterocycles. The molecule has 0 bridgehead atoms. The van der Waals surface area contributed by atoms with Crippen LogP contribution in [0.4, 0.5) is 4.39 Å². The molecule has 0 aliphatic heterocycles. The molecule has 0 atom stereocenters. The Morgan fingerprint density at radius 3 is 1.68 bits per heavy atom. The van der Waals surface area contributed by atoms with Crippen LogP contribution in [0.5, 0.6) is 0 Å². The normalized spacial score (nSPS) is 13.1. The summed E-state index contributed by atoms with van der Waals surface area (Å²) in [7, 11) is -9.18. The molecular weight excluding hydrogens is 509 g/mol. The summed E-state index contributed by atoms with van der Waals surface area (Å²) < 4.78 is 70.4. The van der Waals surface area contributed by atoms with Crippen LogP contribution in [-0.2, 0) is 26.5 Å². The van der Waals surface area contributed by atoms with E-state index in [0.717, 1.165) is 31.2 Å². The zero-order valence-electron chi connectivity index (χ0n) is 21.5. The van der Waals surface area contributed by atoms with Crippen molar-refractivity contribution < 1.29 is 21.2 Å². The quantitative estimate of drug-likeness (QED) is 0.235. The van der Waals surface area contributed by atoms with Crippen LogP contribution in [0.2, 0.25) is 0 Å². The van der Waals surface area contributed by atoms with E-state index in [0.29, 0.717) is 5.56 Å². The molecule has 8 heteroatoms. The van der Waals surface area contributed by atoms with Crippen molar-refractivity contribution in [3.05, 3.63) is 102 Å². The molecule has 3 aromatic carbocycles. The first-order chi connectivity index (χ1) is 17.6. The number of halogens is 1. The number of allylic oxidation sites excluding steroid dienone is 1. The van der Waals surface area contributed by atoms with Gasteiger partial charge < -0.3 is 0 Å². The Kier molecular flexibility index (Phi) is 9.81. The number of sulfonamides is 2. The zero-order chi connectivity index (χ0) is 27.1. The fourth-order valence-electron chi connectivity index (χ4n) is 4.15. The number of hydrogen-bond acceptors (Lipinski definition) is 4. The zero-order valence-corrected chi connectivity index (χ0v) is 23.1. The van der Waals surface area contributed by atoms with E-state index in [9.17, 15) is 16.8 Å². The molecule has 5 nitrogen and oxygen atoms in total. The van der Waals surface area contributed by atoms with Gasteiger partial charge in [0.25, 0.3) is 20.0 Å². The topological polar surface area (TPSA) is 71.5 Å². The molecule has 0 radical (unpaired) electrons. The Labute approximate surface area is 220 Å². The van der Waals surface area contributed by atoms with Gasteiger partial charge in [-0.2, -0.15) is 0 Å². The molecular formula is C29H34FNO4S2. The fourth-order valence-corrected chi connectivity index (χ4v) is 7.74. The van der Waals surface area contributed by atoms with Gasteiger partial charge in [-0.1, -0.05) is 98.0 Å². The van der Waals surface area contributed by atoms with Crippen molar-refractivity contribution in [2.45, 2.75) is 56.2 Å². The maximum atomic E-state index is 16.0. The smallest absolute Gasteiger partial charge is 0.210 e. The van der Waals surface area contributed by atoms with E-state index in [1.165, 1.54) is 48.5 Å². The third-order valence-electron chi connectivity index (χ3n) is 6.09. The molecule has 0 saturated heterocycles. The van der Waals surface area contributed by atoms with E-state index in [-0.39, 0.29) is 25.0 Å². The van der Waals surface area contributed by atoms with E-state index in [2.05, 4.69) is 6.92 Å². The van der Waals surface area contributed by atoms with E-state index in [1.807, 2.05) is 24.3 Å². The summed E-state index contributed by atoms with van der Waals surface area (Å²) in [5, 5.41) is 0. The summed E-state index contributed by atoms with van der Waals surface area (Å²) in [5.41, 5.74) is 2.01. The second kappa shape index (κ2) is 12.6. The van der Waals surface area contributed by atoms with Crippen LogP contribution in [0.3, 0.4) is 0 Å². The minimum atomic E-state index is -4.59. The first-order valence-electron chi connectivity index (χ1n) is 12.4. The van der Waals surface area contributed by atoms with Crippen molar-refractivity contribution in [1.29, 1.82) is 0 Å². The van der Waals surface area contributed by atoms with Crippen molar-refractivity contribution >= 4 is 25.6 Å². The summed E-state index contributed by atoms with van der Waals surface area (Å²) in [4.78, 5) is -0.463. The predicted octanol–water partition coefficient (Wildman–Crippen LogP) is 6.84. The van der Waals surface area contributed by atoms with Gasteiger partial charge >= 0.3 is 0 Å². The van der Waals surface area contributed by atoms with Gasteiger partial charge in [-0.3, -0.25) is 0 Å². The minimum absolute atomic E-state index is 0.232. The molecule has 0 fully saturated rings. The third-order valence-corrected chi connectivity index (χ3v) is 10.3. The first kappa shape index (κ1) is 28.8. The van der Waals surface area contributed by atoms with Crippen molar-refractivity contribution in [3.63, 3.8) is 0 Å². The lowest BCUT2D eigenvalue weighted by atomic mass is 9.93. The number of benzene rings is 3. The molecule has 0 N–H and O–H groups in total. The third kappa shape index (κ3) is 6.94. The molecule has 0 aliphatic rings. The van der Waals surface area contributed by atoms with Crippen LogP contribution < -0.4 is 0 Å². The Bertz CT molecular complexity index is 1330. The minimum Gasteiger partial charge on any atom is -0.210 e. The molecule has 0 heterocycles. The maximum absolute atomic E-state index is 16.0. The van der Waals surface area contributed by atoms with Gasteiger partial charge in [0.05, 0.1) is 16.3 Å². The van der Waals surface area contributed by atoms with E-state index >= 15 is 4.39 Å². The average Bonchev–Trinajstić information content (AvgIpc) is 2.89. The summed E-state index contributed by atoms with van der Waals surface area (Å²) in [5.74, 6) is -1.13. The SMILES string of the molecule is CCCCCc1ccc(/C(=C(/F)CN(S(=O)(=O)c2ccccc2)S(=O)(=O)c2ccccc2)C(C)C)cc1. The molecule has 3 rings (SSSR count). The van der Waals surface area contributed by atoms with E-state index < -0.39 is 32.4 Å². The van der Waals surface area contributed by atoms with Crippen LogP contribution in [0.1, 0.15) is 51.2 Å². The summed E-state index contributed by atoms with van der Waals surface area (Å²) in [6, 6.07) is 21.9. The van der Waals surface area contributed by atoms with Gasteiger partial charge in [0.15, 0.2) is 0 Å². The number of unbranched alkanes of at least 4 members (excludes halogenated alkanes) is 2. The predicted molar refractivity (Wildman–Crippen MR) is 146 cm³/mol. The summed E-state index contributed by atoms with van der Waals surface area (Å²) >= 11 is 0. The van der Waals surface area contributed by atoms with Gasteiger partial charge in [-0.15, -0.1) is 0 Å². The van der Waals surface area contributed by atoms with Crippen LogP contribution >= 0.6 is 0 Å². The number of aryl methyl sites for hydroxylation is 1. The van der Waals surface area contributed by atoms with Crippen molar-refractivity contribution in [1.82, 2.24) is 3.71 Å². The van der Waals surface area contributed by atoms with Crippen LogP contribution in [0, 0.1) is 5.92 Å².